The standard InChI is InChI=1S/C31H31N4O2S3.HI/c1-5-32-21(18-17-20-13-9-10-14-22(20)32)19-25-34(7-3)28(36)26(39-25)31-35(8-4)29(37)27(40-31)30-33(6-2)23-15-11-12-16-24(23)38-30;/h9-19H,5-8H2,1-4H3;1H/q+1;/p-1/b30-27-,31-26-;. The average Bonchev–Trinajstić information content (AvgIpc) is 3.62. The second kappa shape index (κ2) is 12.3. The Labute approximate surface area is 267 Å². The summed E-state index contributed by atoms with van der Waals surface area (Å²) in [5.74, 6) is 0. The molecule has 212 valence electrons. The van der Waals surface area contributed by atoms with Crippen molar-refractivity contribution in [1.29, 1.82) is 0 Å². The molecule has 0 unspecified atom stereocenters. The molecule has 10 heteroatoms. The third-order valence-electron chi connectivity index (χ3n) is 7.30. The van der Waals surface area contributed by atoms with Crippen molar-refractivity contribution >= 4 is 62.1 Å². The van der Waals surface area contributed by atoms with Crippen LogP contribution in [0.5, 0.6) is 0 Å². The number of nitrogens with zero attached hydrogens (tertiary/aromatic N) is 4. The highest BCUT2D eigenvalue weighted by molar-refractivity contribution is 8.08. The number of hydrogen-bond donors (Lipinski definition) is 0. The molecule has 0 aliphatic carbocycles. The quantitative estimate of drug-likeness (QED) is 0.205. The fraction of sp³-hybridized carbons (Fsp3) is 0.258. The fourth-order valence-corrected chi connectivity index (χ4v) is 9.22. The Balaban J connectivity index is 0.00000337. The van der Waals surface area contributed by atoms with E-state index in [4.69, 9.17) is 0 Å². The van der Waals surface area contributed by atoms with Gasteiger partial charge < -0.3 is 28.9 Å². The van der Waals surface area contributed by atoms with Crippen LogP contribution >= 0.6 is 34.4 Å². The fourth-order valence-electron chi connectivity index (χ4n) is 5.37. The number of hydrogen-bond acceptors (Lipinski definition) is 6. The van der Waals surface area contributed by atoms with Crippen molar-refractivity contribution in [3.05, 3.63) is 105 Å². The minimum absolute atomic E-state index is 0. The molecule has 0 amide bonds. The summed E-state index contributed by atoms with van der Waals surface area (Å²) in [5.41, 5.74) is 3.26. The Kier molecular flexibility index (Phi) is 8.93. The average molecular weight is 715 g/mol. The number of aryl methyl sites for hydroxylation is 1. The third kappa shape index (κ3) is 5.02. The largest absolute Gasteiger partial charge is 1.00 e. The molecule has 0 radical (unpaired) electrons. The highest BCUT2D eigenvalue weighted by atomic mass is 127. The number of benzene rings is 2. The zero-order chi connectivity index (χ0) is 28.0. The monoisotopic (exact) mass is 714 g/mol. The molecular formula is C31H31IN4O2S3. The van der Waals surface area contributed by atoms with Gasteiger partial charge in [0.15, 0.2) is 0 Å². The predicted octanol–water partition coefficient (Wildman–Crippen LogP) is 1.45. The summed E-state index contributed by atoms with van der Waals surface area (Å²) in [6.07, 6.45) is 2.11. The molecule has 0 bridgehead atoms. The number of pyridine rings is 1. The lowest BCUT2D eigenvalue weighted by molar-refractivity contribution is -0.669. The van der Waals surface area contributed by atoms with Crippen molar-refractivity contribution in [2.24, 2.45) is 0 Å². The first-order valence-corrected chi connectivity index (χ1v) is 16.1. The topological polar surface area (TPSA) is 51.1 Å². The van der Waals surface area contributed by atoms with E-state index in [1.165, 1.54) is 28.1 Å². The first-order valence-electron chi connectivity index (χ1n) is 13.7. The molecule has 1 aliphatic heterocycles. The molecule has 0 saturated carbocycles. The van der Waals surface area contributed by atoms with E-state index in [9.17, 15) is 9.59 Å². The van der Waals surface area contributed by atoms with Gasteiger partial charge in [-0.15, -0.1) is 22.7 Å². The Bertz CT molecular complexity index is 2110. The maximum Gasteiger partial charge on any atom is 0.272 e. The number of para-hydroxylation sites is 2. The number of fused-ring (bicyclic) bond motifs is 2. The number of rotatable bonds is 5. The normalized spacial score (nSPS) is 15.4. The zero-order valence-corrected chi connectivity index (χ0v) is 28.0. The summed E-state index contributed by atoms with van der Waals surface area (Å²) in [6, 6.07) is 20.9. The van der Waals surface area contributed by atoms with E-state index >= 15 is 0 Å². The molecule has 3 aromatic heterocycles. The van der Waals surface area contributed by atoms with Crippen molar-refractivity contribution in [3.63, 3.8) is 0 Å². The maximum atomic E-state index is 13.8. The maximum absolute atomic E-state index is 13.8. The number of thioether (sulfide) groups is 1. The molecule has 0 saturated heterocycles. The Morgan fingerprint density at radius 3 is 2.22 bits per heavy atom. The lowest BCUT2D eigenvalue weighted by Crippen LogP contribution is -3.00. The molecular weight excluding hydrogens is 683 g/mol. The lowest BCUT2D eigenvalue weighted by Gasteiger charge is -2.16. The van der Waals surface area contributed by atoms with Gasteiger partial charge in [-0.2, -0.15) is 4.57 Å². The molecule has 6 rings (SSSR count). The molecule has 0 atom stereocenters. The van der Waals surface area contributed by atoms with E-state index < -0.39 is 0 Å². The van der Waals surface area contributed by atoms with E-state index in [2.05, 4.69) is 77.9 Å². The van der Waals surface area contributed by atoms with Crippen LogP contribution in [0.3, 0.4) is 0 Å². The number of thiazole rings is 2. The summed E-state index contributed by atoms with van der Waals surface area (Å²) in [6.45, 7) is 10.9. The van der Waals surface area contributed by atoms with Gasteiger partial charge in [-0.1, -0.05) is 36.0 Å². The van der Waals surface area contributed by atoms with Crippen LogP contribution in [0.1, 0.15) is 33.4 Å². The van der Waals surface area contributed by atoms with Crippen LogP contribution in [0.2, 0.25) is 0 Å². The predicted molar refractivity (Wildman–Crippen MR) is 168 cm³/mol. The third-order valence-corrected chi connectivity index (χ3v) is 11.1. The van der Waals surface area contributed by atoms with Gasteiger partial charge in [0.05, 0.1) is 5.69 Å². The number of halogens is 1. The van der Waals surface area contributed by atoms with Crippen LogP contribution in [0.25, 0.3) is 22.0 Å². The second-order valence-electron chi connectivity index (χ2n) is 9.43. The summed E-state index contributed by atoms with van der Waals surface area (Å²) < 4.78 is 8.80. The molecule has 5 aromatic rings. The van der Waals surface area contributed by atoms with Gasteiger partial charge in [-0.3, -0.25) is 18.7 Å². The summed E-state index contributed by atoms with van der Waals surface area (Å²) in [4.78, 5) is 30.9. The highest BCUT2D eigenvalue weighted by Crippen LogP contribution is 2.45. The van der Waals surface area contributed by atoms with Crippen LogP contribution in [0, 0.1) is 9.20 Å². The van der Waals surface area contributed by atoms with Crippen molar-refractivity contribution in [2.45, 2.75) is 52.2 Å². The van der Waals surface area contributed by atoms with Gasteiger partial charge in [-0.25, -0.2) is 0 Å². The van der Waals surface area contributed by atoms with E-state index in [1.54, 1.807) is 16.3 Å². The summed E-state index contributed by atoms with van der Waals surface area (Å²) in [7, 11) is 0. The van der Waals surface area contributed by atoms with E-state index in [0.717, 1.165) is 49.2 Å². The van der Waals surface area contributed by atoms with Crippen molar-refractivity contribution in [2.75, 3.05) is 11.4 Å². The minimum atomic E-state index is -0.0442. The van der Waals surface area contributed by atoms with E-state index in [1.807, 2.05) is 30.5 Å². The Morgan fingerprint density at radius 1 is 0.780 bits per heavy atom. The van der Waals surface area contributed by atoms with Gasteiger partial charge in [0, 0.05) is 48.1 Å². The van der Waals surface area contributed by atoms with Crippen LogP contribution in [-0.2, 0) is 19.6 Å². The van der Waals surface area contributed by atoms with Crippen LogP contribution in [0.15, 0.2) is 75.1 Å². The highest BCUT2D eigenvalue weighted by Gasteiger charge is 2.26. The molecule has 41 heavy (non-hydrogen) atoms. The lowest BCUT2D eigenvalue weighted by atomic mass is 10.2. The molecule has 2 aromatic carbocycles. The van der Waals surface area contributed by atoms with Crippen LogP contribution < -0.4 is 53.8 Å². The zero-order valence-electron chi connectivity index (χ0n) is 23.4. The van der Waals surface area contributed by atoms with Crippen LogP contribution in [-0.4, -0.2) is 15.7 Å². The molecule has 0 fully saturated rings. The molecule has 0 N–H and O–H groups in total. The first-order chi connectivity index (χ1) is 19.5. The summed E-state index contributed by atoms with van der Waals surface area (Å²) in [5, 5.41) is 2.14. The van der Waals surface area contributed by atoms with Crippen molar-refractivity contribution in [3.8, 4) is 0 Å². The van der Waals surface area contributed by atoms with E-state index in [-0.39, 0.29) is 35.1 Å². The van der Waals surface area contributed by atoms with Gasteiger partial charge in [0.2, 0.25) is 11.2 Å². The smallest absolute Gasteiger partial charge is 0.272 e. The van der Waals surface area contributed by atoms with Gasteiger partial charge in [0.1, 0.15) is 30.0 Å². The van der Waals surface area contributed by atoms with Gasteiger partial charge >= 0.3 is 0 Å². The van der Waals surface area contributed by atoms with Crippen LogP contribution in [0.4, 0.5) is 5.69 Å². The second-order valence-corrected chi connectivity index (χ2v) is 12.5. The number of aromatic nitrogens is 3. The Morgan fingerprint density at radius 2 is 1.49 bits per heavy atom. The van der Waals surface area contributed by atoms with Gasteiger partial charge in [-0.05, 0) is 52.0 Å². The molecule has 1 aliphatic rings. The minimum Gasteiger partial charge on any atom is -1.00 e. The molecule has 6 nitrogen and oxygen atoms in total. The SMILES string of the molecule is CCN1/C(=c2/s/c(=c3\s/c(=C\c4ccc5ccccc5[n+]4CC)n(CC)c3=O)n(CC)c2=O)Sc2ccccc21.[I-]. The number of anilines is 1. The Hall–Kier alpha value is -2.67. The van der Waals surface area contributed by atoms with E-state index in [0.29, 0.717) is 22.2 Å². The van der Waals surface area contributed by atoms with Gasteiger partial charge in [0.25, 0.3) is 11.1 Å². The molecule has 0 spiro atoms. The summed E-state index contributed by atoms with van der Waals surface area (Å²) >= 11 is 4.55. The van der Waals surface area contributed by atoms with Crippen molar-refractivity contribution in [1.82, 2.24) is 9.13 Å². The van der Waals surface area contributed by atoms with Crippen molar-refractivity contribution < 1.29 is 28.5 Å². The first kappa shape index (κ1) is 29.8. The molecule has 4 heterocycles.